The first-order valence-electron chi connectivity index (χ1n) is 3.43. The van der Waals surface area contributed by atoms with Crippen LogP contribution in [0.3, 0.4) is 0 Å². The molecule has 0 bridgehead atoms. The molecule has 1 rings (SSSR count). The van der Waals surface area contributed by atoms with Crippen molar-refractivity contribution < 1.29 is 9.63 Å². The molecular weight excluding hydrogens is 349 g/mol. The van der Waals surface area contributed by atoms with Crippen LogP contribution in [0.15, 0.2) is 22.7 Å². The normalized spacial score (nSPS) is 9.77. The van der Waals surface area contributed by atoms with Crippen molar-refractivity contribution in [1.29, 1.82) is 0 Å². The van der Waals surface area contributed by atoms with Gasteiger partial charge in [-0.05, 0) is 40.8 Å². The highest BCUT2D eigenvalue weighted by molar-refractivity contribution is 14.1. The van der Waals surface area contributed by atoms with Crippen LogP contribution in [0.4, 0.5) is 0 Å². The average Bonchev–Trinajstić information content (AvgIpc) is 2.09. The fourth-order valence-electron chi connectivity index (χ4n) is 0.819. The maximum Gasteiger partial charge on any atom is 0.275 e. The van der Waals surface area contributed by atoms with Crippen molar-refractivity contribution in [3.63, 3.8) is 0 Å². The topological polar surface area (TPSA) is 38.3 Å². The van der Waals surface area contributed by atoms with Crippen LogP contribution < -0.4 is 5.48 Å². The van der Waals surface area contributed by atoms with Gasteiger partial charge in [-0.2, -0.15) is 0 Å². The smallest absolute Gasteiger partial charge is 0.275 e. The second kappa shape index (κ2) is 4.92. The summed E-state index contributed by atoms with van der Waals surface area (Å²) in [6.07, 6.45) is 0. The maximum atomic E-state index is 11.4. The van der Waals surface area contributed by atoms with Gasteiger partial charge >= 0.3 is 0 Å². The lowest BCUT2D eigenvalue weighted by atomic mass is 10.2. The van der Waals surface area contributed by atoms with E-state index in [1.54, 1.807) is 6.07 Å². The zero-order chi connectivity index (χ0) is 9.84. The van der Waals surface area contributed by atoms with Crippen LogP contribution in [0.5, 0.6) is 0 Å². The predicted octanol–water partition coefficient (Wildman–Crippen LogP) is 2.34. The summed E-state index contributed by atoms with van der Waals surface area (Å²) in [6, 6.07) is 5.48. The van der Waals surface area contributed by atoms with Crippen LogP contribution in [0.25, 0.3) is 0 Å². The number of carbonyl (C=O) groups excluding carboxylic acids is 1. The standard InChI is InChI=1S/C8H7BrINO2/c1-13-11-8(12)6-4-5(9)2-3-7(6)10/h2-4H,1H3,(H,11,12). The van der Waals surface area contributed by atoms with Gasteiger partial charge in [0.2, 0.25) is 0 Å². The quantitative estimate of drug-likeness (QED) is 0.653. The van der Waals surface area contributed by atoms with E-state index in [0.29, 0.717) is 5.56 Å². The molecule has 0 spiro atoms. The molecule has 1 aromatic carbocycles. The first kappa shape index (κ1) is 10.9. The predicted molar refractivity (Wildman–Crippen MR) is 61.3 cm³/mol. The lowest BCUT2D eigenvalue weighted by molar-refractivity contribution is 0.0536. The van der Waals surface area contributed by atoms with E-state index in [9.17, 15) is 4.79 Å². The Bertz CT molecular complexity index is 330. The summed E-state index contributed by atoms with van der Waals surface area (Å²) >= 11 is 5.39. The van der Waals surface area contributed by atoms with E-state index in [4.69, 9.17) is 0 Å². The molecule has 1 aromatic rings. The van der Waals surface area contributed by atoms with E-state index in [1.807, 2.05) is 12.1 Å². The van der Waals surface area contributed by atoms with Crippen molar-refractivity contribution in [3.8, 4) is 0 Å². The molecule has 1 N–H and O–H groups in total. The molecule has 0 fully saturated rings. The number of carbonyl (C=O) groups is 1. The zero-order valence-corrected chi connectivity index (χ0v) is 10.5. The van der Waals surface area contributed by atoms with Gasteiger partial charge in [0.25, 0.3) is 5.91 Å². The summed E-state index contributed by atoms with van der Waals surface area (Å²) in [7, 11) is 1.41. The Labute approximate surface area is 98.1 Å². The fourth-order valence-corrected chi connectivity index (χ4v) is 1.76. The highest BCUT2D eigenvalue weighted by Gasteiger charge is 2.09. The van der Waals surface area contributed by atoms with Crippen LogP contribution in [0.2, 0.25) is 0 Å². The Morgan fingerprint density at radius 2 is 2.31 bits per heavy atom. The molecule has 0 saturated carbocycles. The second-order valence-corrected chi connectivity index (χ2v) is 4.34. The van der Waals surface area contributed by atoms with E-state index in [0.717, 1.165) is 8.04 Å². The van der Waals surface area contributed by atoms with Crippen molar-refractivity contribution in [3.05, 3.63) is 31.8 Å². The van der Waals surface area contributed by atoms with Gasteiger partial charge in [0, 0.05) is 8.04 Å². The summed E-state index contributed by atoms with van der Waals surface area (Å²) in [6.45, 7) is 0. The van der Waals surface area contributed by atoms with Gasteiger partial charge < -0.3 is 0 Å². The van der Waals surface area contributed by atoms with Crippen LogP contribution in [-0.4, -0.2) is 13.0 Å². The van der Waals surface area contributed by atoms with Gasteiger partial charge in [0.1, 0.15) is 0 Å². The molecule has 0 saturated heterocycles. The third kappa shape index (κ3) is 2.92. The molecule has 0 heterocycles. The summed E-state index contributed by atoms with van der Waals surface area (Å²) in [5.41, 5.74) is 2.86. The molecule has 13 heavy (non-hydrogen) atoms. The molecule has 0 atom stereocenters. The Morgan fingerprint density at radius 3 is 2.92 bits per heavy atom. The minimum atomic E-state index is -0.242. The molecule has 70 valence electrons. The van der Waals surface area contributed by atoms with Crippen molar-refractivity contribution in [1.82, 2.24) is 5.48 Å². The van der Waals surface area contributed by atoms with E-state index >= 15 is 0 Å². The Kier molecular flexibility index (Phi) is 4.14. The lowest BCUT2D eigenvalue weighted by Gasteiger charge is -2.04. The van der Waals surface area contributed by atoms with E-state index in [-0.39, 0.29) is 5.91 Å². The van der Waals surface area contributed by atoms with Gasteiger partial charge in [-0.3, -0.25) is 9.63 Å². The zero-order valence-electron chi connectivity index (χ0n) is 6.80. The van der Waals surface area contributed by atoms with Crippen molar-refractivity contribution in [2.75, 3.05) is 7.11 Å². The van der Waals surface area contributed by atoms with E-state index in [1.165, 1.54) is 7.11 Å². The molecule has 0 aliphatic carbocycles. The summed E-state index contributed by atoms with van der Waals surface area (Å²) < 4.78 is 1.75. The van der Waals surface area contributed by atoms with E-state index < -0.39 is 0 Å². The molecule has 3 nitrogen and oxygen atoms in total. The van der Waals surface area contributed by atoms with Gasteiger partial charge in [-0.25, -0.2) is 5.48 Å². The third-order valence-electron chi connectivity index (χ3n) is 1.37. The van der Waals surface area contributed by atoms with Crippen molar-refractivity contribution in [2.24, 2.45) is 0 Å². The van der Waals surface area contributed by atoms with Gasteiger partial charge in [-0.1, -0.05) is 15.9 Å². The van der Waals surface area contributed by atoms with Crippen molar-refractivity contribution >= 4 is 44.4 Å². The highest BCUT2D eigenvalue weighted by atomic mass is 127. The summed E-state index contributed by atoms with van der Waals surface area (Å²) in [5, 5.41) is 0. The van der Waals surface area contributed by atoms with Crippen LogP contribution in [0.1, 0.15) is 10.4 Å². The number of nitrogens with one attached hydrogen (secondary N) is 1. The number of hydroxylamine groups is 1. The van der Waals surface area contributed by atoms with Gasteiger partial charge in [0.05, 0.1) is 12.7 Å². The molecule has 0 unspecified atom stereocenters. The molecule has 0 aromatic heterocycles. The number of halogens is 2. The Balaban J connectivity index is 2.99. The van der Waals surface area contributed by atoms with Crippen LogP contribution in [-0.2, 0) is 4.84 Å². The largest absolute Gasteiger partial charge is 0.277 e. The first-order valence-corrected chi connectivity index (χ1v) is 5.30. The molecule has 1 amide bonds. The SMILES string of the molecule is CONC(=O)c1cc(Br)ccc1I. The number of benzene rings is 1. The molecule has 0 radical (unpaired) electrons. The summed E-state index contributed by atoms with van der Waals surface area (Å²) in [4.78, 5) is 15.9. The maximum absolute atomic E-state index is 11.4. The monoisotopic (exact) mass is 355 g/mol. The minimum absolute atomic E-state index is 0.242. The number of hydrogen-bond donors (Lipinski definition) is 1. The average molecular weight is 356 g/mol. The van der Waals surface area contributed by atoms with Crippen LogP contribution >= 0.6 is 38.5 Å². The second-order valence-electron chi connectivity index (χ2n) is 2.26. The molecule has 0 aliphatic rings. The third-order valence-corrected chi connectivity index (χ3v) is 2.80. The fraction of sp³-hybridized carbons (Fsp3) is 0.125. The number of hydrogen-bond acceptors (Lipinski definition) is 2. The summed E-state index contributed by atoms with van der Waals surface area (Å²) in [5.74, 6) is -0.242. The van der Waals surface area contributed by atoms with Crippen molar-refractivity contribution in [2.45, 2.75) is 0 Å². The first-order chi connectivity index (χ1) is 6.15. The number of amides is 1. The number of rotatable bonds is 2. The van der Waals surface area contributed by atoms with Crippen LogP contribution in [0, 0.1) is 3.57 Å². The minimum Gasteiger partial charge on any atom is -0.277 e. The molecule has 0 aliphatic heterocycles. The van der Waals surface area contributed by atoms with Gasteiger partial charge in [-0.15, -0.1) is 0 Å². The highest BCUT2D eigenvalue weighted by Crippen LogP contribution is 2.18. The Hall–Kier alpha value is -0.140. The Morgan fingerprint density at radius 1 is 1.62 bits per heavy atom. The molecule has 5 heteroatoms. The van der Waals surface area contributed by atoms with E-state index in [2.05, 4.69) is 48.8 Å². The van der Waals surface area contributed by atoms with Gasteiger partial charge in [0.15, 0.2) is 0 Å². The lowest BCUT2D eigenvalue weighted by Crippen LogP contribution is -2.22. The molecular formula is C8H7BrINO2.